The van der Waals surface area contributed by atoms with Gasteiger partial charge >= 0.3 is 0 Å². The topological polar surface area (TPSA) is 101 Å². The number of anilines is 1. The van der Waals surface area contributed by atoms with E-state index in [0.29, 0.717) is 16.5 Å². The predicted octanol–water partition coefficient (Wildman–Crippen LogP) is 3.15. The molecule has 3 aromatic rings. The molecule has 26 heavy (non-hydrogen) atoms. The van der Waals surface area contributed by atoms with Gasteiger partial charge in [0.1, 0.15) is 0 Å². The highest BCUT2D eigenvalue weighted by Crippen LogP contribution is 2.28. The zero-order valence-corrected chi connectivity index (χ0v) is 15.8. The molecule has 1 amide bonds. The van der Waals surface area contributed by atoms with Crippen LogP contribution in [-0.4, -0.2) is 19.3 Å². The predicted molar refractivity (Wildman–Crippen MR) is 99.3 cm³/mol. The normalized spacial score (nSPS) is 11.5. The number of aryl methyl sites for hydroxylation is 1. The molecule has 0 aliphatic heterocycles. The van der Waals surface area contributed by atoms with Crippen molar-refractivity contribution in [1.29, 1.82) is 0 Å². The molecule has 0 unspecified atom stereocenters. The van der Waals surface area contributed by atoms with Crippen LogP contribution in [0, 0.1) is 6.92 Å². The van der Waals surface area contributed by atoms with Crippen LogP contribution in [0.15, 0.2) is 52.0 Å². The molecule has 3 rings (SSSR count). The lowest BCUT2D eigenvalue weighted by molar-refractivity contribution is -0.114. The highest BCUT2D eigenvalue weighted by molar-refractivity contribution is 7.89. The van der Waals surface area contributed by atoms with Crippen LogP contribution in [0.1, 0.15) is 17.5 Å². The third-order valence-electron chi connectivity index (χ3n) is 3.53. The molecule has 0 bridgehead atoms. The first-order valence-electron chi connectivity index (χ1n) is 7.72. The van der Waals surface area contributed by atoms with Gasteiger partial charge in [-0.1, -0.05) is 0 Å². The molecule has 0 aliphatic rings. The second kappa shape index (κ2) is 7.40. The molecule has 2 heterocycles. The second-order valence-corrected chi connectivity index (χ2v) is 8.39. The highest BCUT2D eigenvalue weighted by atomic mass is 32.2. The molecule has 136 valence electrons. The highest BCUT2D eigenvalue weighted by Gasteiger charge is 2.17. The lowest BCUT2D eigenvalue weighted by atomic mass is 10.3. The van der Waals surface area contributed by atoms with Crippen molar-refractivity contribution in [3.8, 4) is 10.8 Å². The standard InChI is InChI=1S/C17H17N3O4S2/c1-11-16(25-17(19-11)15-4-3-9-24-15)10-18-26(22,23)14-7-5-13(6-8-14)20-12(2)21/h3-9,18H,10H2,1-2H3,(H,20,21). The van der Waals surface area contributed by atoms with E-state index in [-0.39, 0.29) is 17.3 Å². The van der Waals surface area contributed by atoms with Crippen molar-refractivity contribution in [3.05, 3.63) is 53.2 Å². The van der Waals surface area contributed by atoms with Crippen LogP contribution >= 0.6 is 11.3 Å². The smallest absolute Gasteiger partial charge is 0.240 e. The molecule has 0 radical (unpaired) electrons. The Morgan fingerprint density at radius 3 is 2.58 bits per heavy atom. The Balaban J connectivity index is 1.71. The Hall–Kier alpha value is -2.49. The summed E-state index contributed by atoms with van der Waals surface area (Å²) in [7, 11) is -3.67. The van der Waals surface area contributed by atoms with Crippen molar-refractivity contribution in [2.75, 3.05) is 5.32 Å². The first kappa shape index (κ1) is 18.3. The van der Waals surface area contributed by atoms with Crippen LogP contribution in [0.2, 0.25) is 0 Å². The van der Waals surface area contributed by atoms with Gasteiger partial charge in [0.05, 0.1) is 16.9 Å². The Morgan fingerprint density at radius 2 is 1.96 bits per heavy atom. The molecule has 2 N–H and O–H groups in total. The number of nitrogens with zero attached hydrogens (tertiary/aromatic N) is 1. The number of amides is 1. The molecule has 0 fully saturated rings. The van der Waals surface area contributed by atoms with Gasteiger partial charge in [-0.15, -0.1) is 11.3 Å². The van der Waals surface area contributed by atoms with Gasteiger partial charge in [-0.3, -0.25) is 4.79 Å². The number of rotatable bonds is 6. The maximum atomic E-state index is 12.5. The third-order valence-corrected chi connectivity index (χ3v) is 6.12. The van der Waals surface area contributed by atoms with Crippen LogP contribution in [-0.2, 0) is 21.4 Å². The Labute approximate surface area is 155 Å². The summed E-state index contributed by atoms with van der Waals surface area (Å²) in [5.74, 6) is 0.438. The minimum Gasteiger partial charge on any atom is -0.462 e. The molecule has 7 nitrogen and oxygen atoms in total. The fraction of sp³-hybridized carbons (Fsp3) is 0.176. The number of carbonyl (C=O) groups excluding carboxylic acids is 1. The number of hydrogen-bond donors (Lipinski definition) is 2. The van der Waals surface area contributed by atoms with Gasteiger partial charge in [0, 0.05) is 24.0 Å². The van der Waals surface area contributed by atoms with E-state index < -0.39 is 10.0 Å². The zero-order chi connectivity index (χ0) is 18.7. The average Bonchev–Trinajstić information content (AvgIpc) is 3.22. The fourth-order valence-corrected chi connectivity index (χ4v) is 4.32. The fourth-order valence-electron chi connectivity index (χ4n) is 2.26. The van der Waals surface area contributed by atoms with Crippen LogP contribution in [0.3, 0.4) is 0 Å². The molecule has 0 saturated heterocycles. The number of nitrogens with one attached hydrogen (secondary N) is 2. The number of sulfonamides is 1. The van der Waals surface area contributed by atoms with Gasteiger partial charge in [0.25, 0.3) is 0 Å². The average molecular weight is 391 g/mol. The summed E-state index contributed by atoms with van der Waals surface area (Å²) in [6, 6.07) is 9.57. The van der Waals surface area contributed by atoms with Crippen LogP contribution in [0.4, 0.5) is 5.69 Å². The molecule has 0 saturated carbocycles. The summed E-state index contributed by atoms with van der Waals surface area (Å²) >= 11 is 1.38. The molecule has 0 spiro atoms. The maximum absolute atomic E-state index is 12.5. The van der Waals surface area contributed by atoms with Gasteiger partial charge in [-0.25, -0.2) is 18.1 Å². The Morgan fingerprint density at radius 1 is 1.23 bits per heavy atom. The summed E-state index contributed by atoms with van der Waals surface area (Å²) in [6.45, 7) is 3.36. The lowest BCUT2D eigenvalue weighted by Crippen LogP contribution is -2.23. The van der Waals surface area contributed by atoms with Crippen molar-refractivity contribution >= 4 is 33.0 Å². The quantitative estimate of drug-likeness (QED) is 0.672. The molecule has 0 atom stereocenters. The van der Waals surface area contributed by atoms with E-state index in [1.54, 1.807) is 24.5 Å². The Bertz CT molecular complexity index is 1010. The largest absolute Gasteiger partial charge is 0.462 e. The second-order valence-electron chi connectivity index (χ2n) is 5.54. The summed E-state index contributed by atoms with van der Waals surface area (Å²) in [5, 5.41) is 3.30. The maximum Gasteiger partial charge on any atom is 0.240 e. The number of aromatic nitrogens is 1. The van der Waals surface area contributed by atoms with Crippen LogP contribution < -0.4 is 10.0 Å². The number of benzene rings is 1. The molecular formula is C17H17N3O4S2. The first-order chi connectivity index (χ1) is 12.3. The third kappa shape index (κ3) is 4.18. The van der Waals surface area contributed by atoms with Crippen molar-refractivity contribution in [3.63, 3.8) is 0 Å². The number of carbonyl (C=O) groups is 1. The molecule has 9 heteroatoms. The Kier molecular flexibility index (Phi) is 5.21. The number of thiazole rings is 1. The van der Waals surface area contributed by atoms with Crippen LogP contribution in [0.5, 0.6) is 0 Å². The van der Waals surface area contributed by atoms with Crippen molar-refractivity contribution in [2.45, 2.75) is 25.3 Å². The van der Waals surface area contributed by atoms with Crippen LogP contribution in [0.25, 0.3) is 10.8 Å². The van der Waals surface area contributed by atoms with Gasteiger partial charge < -0.3 is 9.73 Å². The van der Waals surface area contributed by atoms with E-state index in [4.69, 9.17) is 4.42 Å². The number of furan rings is 1. The molecule has 0 aliphatic carbocycles. The minimum absolute atomic E-state index is 0.125. The van der Waals surface area contributed by atoms with Crippen molar-refractivity contribution in [1.82, 2.24) is 9.71 Å². The van der Waals surface area contributed by atoms with E-state index in [0.717, 1.165) is 10.6 Å². The van der Waals surface area contributed by atoms with Crippen molar-refractivity contribution in [2.24, 2.45) is 0 Å². The van der Waals surface area contributed by atoms with E-state index >= 15 is 0 Å². The molecule has 2 aromatic heterocycles. The van der Waals surface area contributed by atoms with Gasteiger partial charge in [-0.05, 0) is 43.3 Å². The van der Waals surface area contributed by atoms with E-state index in [1.165, 1.54) is 30.4 Å². The summed E-state index contributed by atoms with van der Waals surface area (Å²) < 4.78 is 32.8. The van der Waals surface area contributed by atoms with Gasteiger partial charge in [0.2, 0.25) is 15.9 Å². The van der Waals surface area contributed by atoms with Gasteiger partial charge in [0.15, 0.2) is 10.8 Å². The summed E-state index contributed by atoms with van der Waals surface area (Å²) in [5.41, 5.74) is 1.29. The minimum atomic E-state index is -3.67. The monoisotopic (exact) mass is 391 g/mol. The van der Waals surface area contributed by atoms with Crippen molar-refractivity contribution < 1.29 is 17.6 Å². The van der Waals surface area contributed by atoms with E-state index in [1.807, 2.05) is 13.0 Å². The summed E-state index contributed by atoms with van der Waals surface area (Å²) in [4.78, 5) is 16.4. The molecule has 1 aromatic carbocycles. The van der Waals surface area contributed by atoms with E-state index in [2.05, 4.69) is 15.0 Å². The summed E-state index contributed by atoms with van der Waals surface area (Å²) in [6.07, 6.45) is 1.57. The van der Waals surface area contributed by atoms with E-state index in [9.17, 15) is 13.2 Å². The van der Waals surface area contributed by atoms with Gasteiger partial charge in [-0.2, -0.15) is 0 Å². The first-order valence-corrected chi connectivity index (χ1v) is 10.0. The number of hydrogen-bond acceptors (Lipinski definition) is 6. The zero-order valence-electron chi connectivity index (χ0n) is 14.1. The molecular weight excluding hydrogens is 374 g/mol. The lowest BCUT2D eigenvalue weighted by Gasteiger charge is -2.07. The SMILES string of the molecule is CC(=O)Nc1ccc(S(=O)(=O)NCc2sc(-c3ccco3)nc2C)cc1.